The molecular formula is C15H14ClFO2. The first-order valence-electron chi connectivity index (χ1n) is 5.86. The van der Waals surface area contributed by atoms with E-state index in [0.717, 1.165) is 5.56 Å². The van der Waals surface area contributed by atoms with Crippen LogP contribution in [0.5, 0.6) is 5.75 Å². The maximum atomic E-state index is 13.1. The van der Waals surface area contributed by atoms with Crippen molar-refractivity contribution in [3.63, 3.8) is 0 Å². The van der Waals surface area contributed by atoms with Crippen molar-refractivity contribution in [1.82, 2.24) is 0 Å². The second-order valence-corrected chi connectivity index (χ2v) is 4.62. The van der Waals surface area contributed by atoms with Gasteiger partial charge in [0.15, 0.2) is 0 Å². The fraction of sp³-hybridized carbons (Fsp3) is 0.200. The summed E-state index contributed by atoms with van der Waals surface area (Å²) in [5.74, 6) is 0.167. The smallest absolute Gasteiger partial charge is 0.141 e. The van der Waals surface area contributed by atoms with E-state index in [4.69, 9.17) is 16.3 Å². The summed E-state index contributed by atoms with van der Waals surface area (Å²) in [5, 5.41) is 10.3. The Morgan fingerprint density at radius 2 is 2.00 bits per heavy atom. The van der Waals surface area contributed by atoms with Crippen molar-refractivity contribution in [2.75, 3.05) is 7.11 Å². The number of hydrogen-bond donors (Lipinski definition) is 1. The number of halogens is 2. The molecular weight excluding hydrogens is 267 g/mol. The Labute approximate surface area is 116 Å². The van der Waals surface area contributed by atoms with Gasteiger partial charge in [0.1, 0.15) is 11.6 Å². The zero-order valence-electron chi connectivity index (χ0n) is 10.4. The summed E-state index contributed by atoms with van der Waals surface area (Å²) in [4.78, 5) is 0. The topological polar surface area (TPSA) is 29.5 Å². The first-order chi connectivity index (χ1) is 9.11. The van der Waals surface area contributed by atoms with Gasteiger partial charge in [-0.25, -0.2) is 4.39 Å². The minimum atomic E-state index is -0.724. The monoisotopic (exact) mass is 280 g/mol. The third-order valence-electron chi connectivity index (χ3n) is 2.91. The van der Waals surface area contributed by atoms with Crippen LogP contribution >= 0.6 is 11.6 Å². The molecule has 2 rings (SSSR count). The Balaban J connectivity index is 2.20. The number of benzene rings is 2. The molecule has 2 nitrogen and oxygen atoms in total. The highest BCUT2D eigenvalue weighted by Gasteiger charge is 2.14. The fourth-order valence-corrected chi connectivity index (χ4v) is 2.14. The molecule has 0 heterocycles. The molecule has 2 aromatic carbocycles. The molecule has 1 unspecified atom stereocenters. The van der Waals surface area contributed by atoms with Crippen molar-refractivity contribution in [1.29, 1.82) is 0 Å². The Morgan fingerprint density at radius 3 is 2.68 bits per heavy atom. The van der Waals surface area contributed by atoms with Gasteiger partial charge in [-0.15, -0.1) is 0 Å². The lowest BCUT2D eigenvalue weighted by molar-refractivity contribution is 0.174. The fourth-order valence-electron chi connectivity index (χ4n) is 1.94. The SMILES string of the molecule is COc1ccccc1C(O)Cc1ccc(F)c(Cl)c1. The van der Waals surface area contributed by atoms with E-state index < -0.39 is 11.9 Å². The molecule has 4 heteroatoms. The number of hydrogen-bond acceptors (Lipinski definition) is 2. The van der Waals surface area contributed by atoms with E-state index >= 15 is 0 Å². The summed E-state index contributed by atoms with van der Waals surface area (Å²) in [7, 11) is 1.56. The molecule has 1 N–H and O–H groups in total. The largest absolute Gasteiger partial charge is 0.496 e. The lowest BCUT2D eigenvalue weighted by Crippen LogP contribution is -2.04. The van der Waals surface area contributed by atoms with E-state index in [0.29, 0.717) is 17.7 Å². The van der Waals surface area contributed by atoms with E-state index in [1.54, 1.807) is 25.3 Å². The second kappa shape index (κ2) is 6.04. The van der Waals surface area contributed by atoms with Crippen LogP contribution in [0.1, 0.15) is 17.2 Å². The lowest BCUT2D eigenvalue weighted by Gasteiger charge is -2.15. The molecule has 0 aliphatic rings. The number of rotatable bonds is 4. The molecule has 100 valence electrons. The summed E-state index contributed by atoms with van der Waals surface area (Å²) in [6.45, 7) is 0. The summed E-state index contributed by atoms with van der Waals surface area (Å²) in [6.07, 6.45) is -0.377. The molecule has 0 aliphatic carbocycles. The molecule has 0 fully saturated rings. The van der Waals surface area contributed by atoms with Crippen molar-refractivity contribution in [2.24, 2.45) is 0 Å². The van der Waals surface area contributed by atoms with Crippen LogP contribution in [0.25, 0.3) is 0 Å². The number of aliphatic hydroxyl groups is 1. The third kappa shape index (κ3) is 3.25. The zero-order chi connectivity index (χ0) is 13.8. The number of para-hydroxylation sites is 1. The van der Waals surface area contributed by atoms with Gasteiger partial charge < -0.3 is 9.84 Å². The minimum Gasteiger partial charge on any atom is -0.496 e. The van der Waals surface area contributed by atoms with Gasteiger partial charge in [-0.2, -0.15) is 0 Å². The van der Waals surface area contributed by atoms with Gasteiger partial charge in [0.2, 0.25) is 0 Å². The van der Waals surface area contributed by atoms with E-state index in [1.165, 1.54) is 12.1 Å². The van der Waals surface area contributed by atoms with Crippen LogP contribution in [0.4, 0.5) is 4.39 Å². The van der Waals surface area contributed by atoms with Crippen molar-refractivity contribution >= 4 is 11.6 Å². The first-order valence-corrected chi connectivity index (χ1v) is 6.24. The van der Waals surface area contributed by atoms with Crippen molar-refractivity contribution in [3.05, 3.63) is 64.4 Å². The molecule has 0 amide bonds. The first kappa shape index (κ1) is 13.8. The Hall–Kier alpha value is -1.58. The molecule has 0 saturated heterocycles. The molecule has 0 saturated carbocycles. The average Bonchev–Trinajstić information content (AvgIpc) is 2.43. The molecule has 0 bridgehead atoms. The van der Waals surface area contributed by atoms with E-state index in [1.807, 2.05) is 12.1 Å². The summed E-state index contributed by atoms with van der Waals surface area (Å²) in [6, 6.07) is 11.7. The van der Waals surface area contributed by atoms with Crippen molar-refractivity contribution in [2.45, 2.75) is 12.5 Å². The normalized spacial score (nSPS) is 12.2. The van der Waals surface area contributed by atoms with Crippen molar-refractivity contribution in [3.8, 4) is 5.75 Å². The van der Waals surface area contributed by atoms with Crippen LogP contribution in [-0.2, 0) is 6.42 Å². The van der Waals surface area contributed by atoms with Crippen LogP contribution in [0.3, 0.4) is 0 Å². The average molecular weight is 281 g/mol. The molecule has 0 aliphatic heterocycles. The standard InChI is InChI=1S/C15H14ClFO2/c1-19-15-5-3-2-4-11(15)14(18)9-10-6-7-13(17)12(16)8-10/h2-8,14,18H,9H2,1H3. The molecule has 1 atom stereocenters. The number of methoxy groups -OCH3 is 1. The van der Waals surface area contributed by atoms with Gasteiger partial charge in [0.25, 0.3) is 0 Å². The van der Waals surface area contributed by atoms with Gasteiger partial charge in [0, 0.05) is 12.0 Å². The highest BCUT2D eigenvalue weighted by Crippen LogP contribution is 2.28. The van der Waals surface area contributed by atoms with Crippen LogP contribution in [0, 0.1) is 5.82 Å². The summed E-state index contributed by atoms with van der Waals surface area (Å²) >= 11 is 5.72. The summed E-state index contributed by atoms with van der Waals surface area (Å²) in [5.41, 5.74) is 1.47. The Bertz CT molecular complexity index is 572. The number of ether oxygens (including phenoxy) is 1. The predicted octanol–water partition coefficient (Wildman–Crippen LogP) is 3.76. The van der Waals surface area contributed by atoms with E-state index in [9.17, 15) is 9.50 Å². The molecule has 2 aromatic rings. The maximum absolute atomic E-state index is 13.1. The zero-order valence-corrected chi connectivity index (χ0v) is 11.2. The van der Waals surface area contributed by atoms with Crippen LogP contribution in [-0.4, -0.2) is 12.2 Å². The van der Waals surface area contributed by atoms with E-state index in [2.05, 4.69) is 0 Å². The van der Waals surface area contributed by atoms with Crippen LogP contribution < -0.4 is 4.74 Å². The highest BCUT2D eigenvalue weighted by molar-refractivity contribution is 6.30. The predicted molar refractivity (Wildman–Crippen MR) is 73.1 cm³/mol. The minimum absolute atomic E-state index is 0.0599. The molecule has 0 spiro atoms. The van der Waals surface area contributed by atoms with Gasteiger partial charge >= 0.3 is 0 Å². The van der Waals surface area contributed by atoms with Crippen LogP contribution in [0.15, 0.2) is 42.5 Å². The van der Waals surface area contributed by atoms with Gasteiger partial charge in [0.05, 0.1) is 18.2 Å². The second-order valence-electron chi connectivity index (χ2n) is 4.21. The van der Waals surface area contributed by atoms with Crippen LogP contribution in [0.2, 0.25) is 5.02 Å². The number of aliphatic hydroxyl groups excluding tert-OH is 1. The molecule has 0 radical (unpaired) electrons. The quantitative estimate of drug-likeness (QED) is 0.924. The Morgan fingerprint density at radius 1 is 1.26 bits per heavy atom. The third-order valence-corrected chi connectivity index (χ3v) is 3.20. The highest BCUT2D eigenvalue weighted by atomic mass is 35.5. The summed E-state index contributed by atoms with van der Waals surface area (Å²) < 4.78 is 18.3. The van der Waals surface area contributed by atoms with Crippen molar-refractivity contribution < 1.29 is 14.2 Å². The Kier molecular flexibility index (Phi) is 4.40. The van der Waals surface area contributed by atoms with E-state index in [-0.39, 0.29) is 5.02 Å². The van der Waals surface area contributed by atoms with Gasteiger partial charge in [-0.05, 0) is 23.8 Å². The molecule has 0 aromatic heterocycles. The molecule has 19 heavy (non-hydrogen) atoms. The van der Waals surface area contributed by atoms with Gasteiger partial charge in [-0.1, -0.05) is 35.9 Å². The lowest BCUT2D eigenvalue weighted by atomic mass is 10.0. The maximum Gasteiger partial charge on any atom is 0.141 e. The van der Waals surface area contributed by atoms with Gasteiger partial charge in [-0.3, -0.25) is 0 Å².